The summed E-state index contributed by atoms with van der Waals surface area (Å²) in [7, 11) is 0. The van der Waals surface area contributed by atoms with E-state index in [4.69, 9.17) is 0 Å². The molecule has 64 valence electrons. The molecule has 0 atom stereocenters. The molecule has 0 amide bonds. The second-order valence-electron chi connectivity index (χ2n) is 0. The summed E-state index contributed by atoms with van der Waals surface area (Å²) in [4.78, 5) is 0. The maximum absolute atomic E-state index is 0. The van der Waals surface area contributed by atoms with Gasteiger partial charge in [0.15, 0.2) is 0 Å². The molecule has 0 aromatic carbocycles. The third-order valence-electron chi connectivity index (χ3n) is 0. The second-order valence-corrected chi connectivity index (χ2v) is 0. The SMILES string of the molecule is O.O.O.O.O.O.O.[Cl-].[Zn+2]. The first-order valence-electron chi connectivity index (χ1n) is 0. The van der Waals surface area contributed by atoms with E-state index in [0.717, 1.165) is 0 Å². The van der Waals surface area contributed by atoms with Crippen molar-refractivity contribution in [1.82, 2.24) is 0 Å². The van der Waals surface area contributed by atoms with Crippen molar-refractivity contribution in [2.75, 3.05) is 0 Å². The summed E-state index contributed by atoms with van der Waals surface area (Å²) in [6.07, 6.45) is 0. The molecule has 0 rings (SSSR count). The zero-order valence-electron chi connectivity index (χ0n) is 4.59. The third kappa shape index (κ3) is 947. The Balaban J connectivity index is 0. The topological polar surface area (TPSA) is 220 Å². The molecule has 0 aromatic heterocycles. The van der Waals surface area contributed by atoms with Crippen LogP contribution in [-0.4, -0.2) is 38.3 Å². The Hall–Kier alpha value is 0.633. The van der Waals surface area contributed by atoms with Gasteiger partial charge in [-0.25, -0.2) is 0 Å². The van der Waals surface area contributed by atoms with Crippen LogP contribution >= 0.6 is 0 Å². The Morgan fingerprint density at radius 1 is 0.333 bits per heavy atom. The van der Waals surface area contributed by atoms with Crippen LogP contribution in [-0.2, 0) is 19.5 Å². The normalized spacial score (nSPS) is 0. The van der Waals surface area contributed by atoms with E-state index in [1.165, 1.54) is 0 Å². The number of hydrogen-bond acceptors (Lipinski definition) is 0. The van der Waals surface area contributed by atoms with Crippen LogP contribution in [0.15, 0.2) is 0 Å². The number of halogens is 1. The van der Waals surface area contributed by atoms with Gasteiger partial charge in [-0.05, 0) is 0 Å². The van der Waals surface area contributed by atoms with Crippen LogP contribution in [0.3, 0.4) is 0 Å². The predicted molar refractivity (Wildman–Crippen MR) is 25.3 cm³/mol. The molecule has 0 spiro atoms. The summed E-state index contributed by atoms with van der Waals surface area (Å²) in [6.45, 7) is 0. The Bertz CT molecular complexity index is 8.88. The second kappa shape index (κ2) is 1250. The molecule has 0 heterocycles. The van der Waals surface area contributed by atoms with Gasteiger partial charge < -0.3 is 50.7 Å². The Morgan fingerprint density at radius 2 is 0.333 bits per heavy atom. The van der Waals surface area contributed by atoms with Crippen LogP contribution < -0.4 is 12.4 Å². The van der Waals surface area contributed by atoms with E-state index in [9.17, 15) is 0 Å². The molecular weight excluding hydrogens is 213 g/mol. The minimum atomic E-state index is 0. The van der Waals surface area contributed by atoms with Crippen molar-refractivity contribution in [1.29, 1.82) is 0 Å². The molecule has 0 aliphatic heterocycles. The average Bonchev–Trinajstić information content (AvgIpc) is 0. The molecule has 0 unspecified atom stereocenters. The minimum Gasteiger partial charge on any atom is -1.00 e. The Kier molecular flexibility index (Phi) is 249000. The standard InChI is InChI=1S/ClH.7H2O.Zn/h1H;7*1H2;/q;;;;;;;;+2/p-1. The van der Waals surface area contributed by atoms with Gasteiger partial charge in [0.1, 0.15) is 0 Å². The molecule has 0 fully saturated rings. The van der Waals surface area contributed by atoms with E-state index >= 15 is 0 Å². The fraction of sp³-hybridized carbons (Fsp3) is 0. The first kappa shape index (κ1) is 1790. The molecular formula is H14ClO7Zn+. The van der Waals surface area contributed by atoms with E-state index in [2.05, 4.69) is 0 Å². The van der Waals surface area contributed by atoms with Gasteiger partial charge in [-0.2, -0.15) is 0 Å². The predicted octanol–water partition coefficient (Wildman–Crippen LogP) is -8.77. The van der Waals surface area contributed by atoms with Crippen LogP contribution in [0.1, 0.15) is 0 Å². The molecule has 0 saturated carbocycles. The maximum Gasteiger partial charge on any atom is 2.00 e. The summed E-state index contributed by atoms with van der Waals surface area (Å²) in [6, 6.07) is 0. The molecule has 0 saturated heterocycles. The number of hydrogen-bond donors (Lipinski definition) is 0. The first-order chi connectivity index (χ1) is 0. The van der Waals surface area contributed by atoms with Gasteiger partial charge in [-0.15, -0.1) is 0 Å². The van der Waals surface area contributed by atoms with Crippen LogP contribution in [0.2, 0.25) is 0 Å². The van der Waals surface area contributed by atoms with E-state index in [1.807, 2.05) is 0 Å². The summed E-state index contributed by atoms with van der Waals surface area (Å²) >= 11 is 0. The molecule has 9 heteroatoms. The van der Waals surface area contributed by atoms with Gasteiger partial charge in [0.25, 0.3) is 0 Å². The van der Waals surface area contributed by atoms with Gasteiger partial charge in [-0.1, -0.05) is 0 Å². The zero-order chi connectivity index (χ0) is 0. The monoisotopic (exact) mass is 225 g/mol. The molecule has 0 radical (unpaired) electrons. The maximum atomic E-state index is 0. The van der Waals surface area contributed by atoms with E-state index < -0.39 is 0 Å². The van der Waals surface area contributed by atoms with Gasteiger partial charge in [-0.3, -0.25) is 0 Å². The van der Waals surface area contributed by atoms with Crippen molar-refractivity contribution in [3.05, 3.63) is 0 Å². The third-order valence-corrected chi connectivity index (χ3v) is 0. The summed E-state index contributed by atoms with van der Waals surface area (Å²) in [5.41, 5.74) is 0. The zero-order valence-corrected chi connectivity index (χ0v) is 8.31. The van der Waals surface area contributed by atoms with Crippen molar-refractivity contribution in [2.24, 2.45) is 0 Å². The molecule has 0 aliphatic rings. The Labute approximate surface area is 70.8 Å². The fourth-order valence-electron chi connectivity index (χ4n) is 0. The average molecular weight is 227 g/mol. The smallest absolute Gasteiger partial charge is 1.00 e. The minimum absolute atomic E-state index is 0. The quantitative estimate of drug-likeness (QED) is 0.351. The van der Waals surface area contributed by atoms with Crippen molar-refractivity contribution >= 4 is 0 Å². The molecule has 9 heavy (non-hydrogen) atoms. The van der Waals surface area contributed by atoms with Crippen molar-refractivity contribution in [3.63, 3.8) is 0 Å². The van der Waals surface area contributed by atoms with Crippen molar-refractivity contribution in [2.45, 2.75) is 0 Å². The van der Waals surface area contributed by atoms with E-state index in [0.29, 0.717) is 0 Å². The summed E-state index contributed by atoms with van der Waals surface area (Å²) in [5.74, 6) is 0. The van der Waals surface area contributed by atoms with E-state index in [1.54, 1.807) is 0 Å². The van der Waals surface area contributed by atoms with Crippen LogP contribution in [0.4, 0.5) is 0 Å². The van der Waals surface area contributed by atoms with Gasteiger partial charge >= 0.3 is 19.5 Å². The Morgan fingerprint density at radius 3 is 0.333 bits per heavy atom. The van der Waals surface area contributed by atoms with Crippen LogP contribution in [0, 0.1) is 0 Å². The van der Waals surface area contributed by atoms with Crippen molar-refractivity contribution < 1.29 is 70.2 Å². The van der Waals surface area contributed by atoms with Crippen molar-refractivity contribution in [3.8, 4) is 0 Å². The fourth-order valence-corrected chi connectivity index (χ4v) is 0. The van der Waals surface area contributed by atoms with E-state index in [-0.39, 0.29) is 70.2 Å². The summed E-state index contributed by atoms with van der Waals surface area (Å²) in [5, 5.41) is 0. The molecule has 0 bridgehead atoms. The molecule has 7 nitrogen and oxygen atoms in total. The van der Waals surface area contributed by atoms with Crippen LogP contribution in [0.5, 0.6) is 0 Å². The number of rotatable bonds is 0. The molecule has 14 N–H and O–H groups in total. The largest absolute Gasteiger partial charge is 2.00 e. The van der Waals surface area contributed by atoms with Crippen LogP contribution in [0.25, 0.3) is 0 Å². The first-order valence-corrected chi connectivity index (χ1v) is 0. The van der Waals surface area contributed by atoms with Gasteiger partial charge in [0, 0.05) is 0 Å². The molecule has 0 aliphatic carbocycles. The summed E-state index contributed by atoms with van der Waals surface area (Å²) < 4.78 is 0. The van der Waals surface area contributed by atoms with Gasteiger partial charge in [0.05, 0.1) is 0 Å². The van der Waals surface area contributed by atoms with Gasteiger partial charge in [0.2, 0.25) is 0 Å². The molecule has 0 aromatic rings.